The Bertz CT molecular complexity index is 625. The monoisotopic (exact) mass is 360 g/mol. The molecule has 2 fully saturated rings. The van der Waals surface area contributed by atoms with Crippen LogP contribution in [0.15, 0.2) is 24.3 Å². The second-order valence-electron chi connectivity index (χ2n) is 7.27. The number of benzene rings is 1. The fourth-order valence-electron chi connectivity index (χ4n) is 3.81. The summed E-state index contributed by atoms with van der Waals surface area (Å²) in [4.78, 5) is 26.6. The first-order chi connectivity index (χ1) is 12.6. The van der Waals surface area contributed by atoms with Crippen LogP contribution < -0.4 is 5.32 Å². The number of hydrogen-bond acceptors (Lipinski definition) is 4. The highest BCUT2D eigenvalue weighted by molar-refractivity contribution is 5.94. The normalized spacial score (nSPS) is 25.9. The molecule has 0 unspecified atom stereocenters. The fraction of sp³-hybridized carbons (Fsp3) is 0.600. The number of nitrogens with one attached hydrogen (secondary N) is 1. The van der Waals surface area contributed by atoms with Crippen LogP contribution in [0, 0.1) is 5.92 Å². The summed E-state index contributed by atoms with van der Waals surface area (Å²) in [6.07, 6.45) is 3.23. The molecule has 3 rings (SSSR count). The third-order valence-electron chi connectivity index (χ3n) is 5.49. The summed E-state index contributed by atoms with van der Waals surface area (Å²) in [7, 11) is 1.57. The Balaban J connectivity index is 1.50. The Hall–Kier alpha value is -1.92. The highest BCUT2D eigenvalue weighted by Gasteiger charge is 2.32. The number of rotatable bonds is 5. The van der Waals surface area contributed by atoms with E-state index in [1.54, 1.807) is 7.11 Å². The van der Waals surface area contributed by atoms with E-state index in [2.05, 4.69) is 5.32 Å². The van der Waals surface area contributed by atoms with E-state index in [4.69, 9.17) is 4.74 Å². The molecule has 0 spiro atoms. The van der Waals surface area contributed by atoms with Crippen LogP contribution in [0.5, 0.6) is 0 Å². The number of likely N-dealkylation sites (tertiary alicyclic amines) is 1. The van der Waals surface area contributed by atoms with Crippen LogP contribution in [0.2, 0.25) is 0 Å². The molecule has 1 heterocycles. The molecule has 142 valence electrons. The van der Waals surface area contributed by atoms with Crippen LogP contribution in [-0.4, -0.2) is 54.2 Å². The van der Waals surface area contributed by atoms with Gasteiger partial charge in [-0.1, -0.05) is 12.1 Å². The van der Waals surface area contributed by atoms with Gasteiger partial charge in [0.2, 0.25) is 5.91 Å². The van der Waals surface area contributed by atoms with Crippen molar-refractivity contribution in [3.05, 3.63) is 35.4 Å². The minimum absolute atomic E-state index is 0.00355. The highest BCUT2D eigenvalue weighted by Crippen LogP contribution is 2.26. The molecule has 1 aromatic rings. The molecule has 1 aromatic carbocycles. The summed E-state index contributed by atoms with van der Waals surface area (Å²) >= 11 is 0. The van der Waals surface area contributed by atoms with Gasteiger partial charge in [0.1, 0.15) is 0 Å². The Morgan fingerprint density at radius 2 is 1.88 bits per heavy atom. The maximum Gasteiger partial charge on any atom is 0.253 e. The van der Waals surface area contributed by atoms with Crippen LogP contribution in [0.4, 0.5) is 0 Å². The van der Waals surface area contributed by atoms with Gasteiger partial charge in [-0.3, -0.25) is 9.59 Å². The highest BCUT2D eigenvalue weighted by atomic mass is 16.5. The van der Waals surface area contributed by atoms with Gasteiger partial charge < -0.3 is 20.1 Å². The van der Waals surface area contributed by atoms with Gasteiger partial charge in [-0.2, -0.15) is 0 Å². The molecule has 1 saturated heterocycles. The number of aliphatic hydroxyl groups excluding tert-OH is 1. The maximum absolute atomic E-state index is 12.4. The molecule has 0 bridgehead atoms. The topological polar surface area (TPSA) is 78.9 Å². The van der Waals surface area contributed by atoms with Crippen LogP contribution >= 0.6 is 0 Å². The molecule has 1 aliphatic carbocycles. The number of hydrogen-bond donors (Lipinski definition) is 2. The lowest BCUT2D eigenvalue weighted by Gasteiger charge is -2.31. The molecule has 1 aliphatic heterocycles. The van der Waals surface area contributed by atoms with E-state index in [0.29, 0.717) is 31.4 Å². The molecule has 2 amide bonds. The third-order valence-corrected chi connectivity index (χ3v) is 5.49. The molecule has 6 heteroatoms. The van der Waals surface area contributed by atoms with Crippen molar-refractivity contribution in [3.63, 3.8) is 0 Å². The van der Waals surface area contributed by atoms with Crippen molar-refractivity contribution in [2.75, 3.05) is 20.2 Å². The zero-order valence-corrected chi connectivity index (χ0v) is 15.3. The van der Waals surface area contributed by atoms with Crippen molar-refractivity contribution in [1.29, 1.82) is 0 Å². The second-order valence-corrected chi connectivity index (χ2v) is 7.27. The lowest BCUT2D eigenvalue weighted by Crippen LogP contribution is -2.41. The first kappa shape index (κ1) is 18.9. The maximum atomic E-state index is 12.4. The molecule has 26 heavy (non-hydrogen) atoms. The third kappa shape index (κ3) is 4.43. The van der Waals surface area contributed by atoms with E-state index >= 15 is 0 Å². The SMILES string of the molecule is CO[C@@H]1C[C@H](C(=O)NCc2ccc(C(=O)N3CCCC3)cc2)CC[C@@H]1O. The largest absolute Gasteiger partial charge is 0.390 e. The summed E-state index contributed by atoms with van der Waals surface area (Å²) < 4.78 is 5.26. The van der Waals surface area contributed by atoms with Crippen LogP contribution in [0.1, 0.15) is 48.0 Å². The van der Waals surface area contributed by atoms with E-state index in [-0.39, 0.29) is 23.8 Å². The van der Waals surface area contributed by atoms with Crippen molar-refractivity contribution in [3.8, 4) is 0 Å². The summed E-state index contributed by atoms with van der Waals surface area (Å²) in [6, 6.07) is 7.46. The van der Waals surface area contributed by atoms with E-state index in [1.807, 2.05) is 29.2 Å². The van der Waals surface area contributed by atoms with Gasteiger partial charge >= 0.3 is 0 Å². The van der Waals surface area contributed by atoms with Crippen molar-refractivity contribution >= 4 is 11.8 Å². The first-order valence-electron chi connectivity index (χ1n) is 9.45. The summed E-state index contributed by atoms with van der Waals surface area (Å²) in [5.74, 6) is -0.0417. The lowest BCUT2D eigenvalue weighted by molar-refractivity contribution is -0.130. The van der Waals surface area contributed by atoms with Crippen LogP contribution in [0.3, 0.4) is 0 Å². The van der Waals surface area contributed by atoms with Gasteiger partial charge in [0, 0.05) is 38.2 Å². The number of aliphatic hydroxyl groups is 1. The lowest BCUT2D eigenvalue weighted by atomic mass is 9.84. The summed E-state index contributed by atoms with van der Waals surface area (Å²) in [6.45, 7) is 2.12. The predicted octanol–water partition coefficient (Wildman–Crippen LogP) is 1.71. The Kier molecular flexibility index (Phi) is 6.27. The zero-order valence-electron chi connectivity index (χ0n) is 15.3. The molecule has 6 nitrogen and oxygen atoms in total. The van der Waals surface area contributed by atoms with E-state index < -0.39 is 6.10 Å². The predicted molar refractivity (Wildman–Crippen MR) is 97.6 cm³/mol. The van der Waals surface area contributed by atoms with Crippen molar-refractivity contribution in [2.45, 2.75) is 50.9 Å². The Morgan fingerprint density at radius 1 is 1.19 bits per heavy atom. The van der Waals surface area contributed by atoms with Crippen molar-refractivity contribution in [1.82, 2.24) is 10.2 Å². The Morgan fingerprint density at radius 3 is 2.54 bits per heavy atom. The van der Waals surface area contributed by atoms with Crippen LogP contribution in [-0.2, 0) is 16.1 Å². The van der Waals surface area contributed by atoms with Gasteiger partial charge in [0.15, 0.2) is 0 Å². The number of nitrogens with zero attached hydrogens (tertiary/aromatic N) is 1. The molecule has 1 saturated carbocycles. The van der Waals surface area contributed by atoms with Gasteiger partial charge in [0.25, 0.3) is 5.91 Å². The van der Waals surface area contributed by atoms with Gasteiger partial charge in [-0.05, 0) is 49.8 Å². The zero-order chi connectivity index (χ0) is 18.5. The summed E-state index contributed by atoms with van der Waals surface area (Å²) in [5.41, 5.74) is 1.67. The molecule has 3 atom stereocenters. The molecular weight excluding hydrogens is 332 g/mol. The van der Waals surface area contributed by atoms with Crippen molar-refractivity contribution < 1.29 is 19.4 Å². The van der Waals surface area contributed by atoms with Crippen LogP contribution in [0.25, 0.3) is 0 Å². The number of amides is 2. The molecule has 0 radical (unpaired) electrons. The van der Waals surface area contributed by atoms with Gasteiger partial charge in [-0.25, -0.2) is 0 Å². The average molecular weight is 360 g/mol. The standard InChI is InChI=1S/C20H28N2O4/c1-26-18-12-16(8-9-17(18)23)19(24)21-13-14-4-6-15(7-5-14)20(25)22-10-2-3-11-22/h4-7,16-18,23H,2-3,8-13H2,1H3,(H,21,24)/t16-,17+,18-/m1/s1. The van der Waals surface area contributed by atoms with Gasteiger partial charge in [-0.15, -0.1) is 0 Å². The number of ether oxygens (including phenoxy) is 1. The van der Waals surface area contributed by atoms with E-state index in [0.717, 1.165) is 31.5 Å². The van der Waals surface area contributed by atoms with E-state index in [1.165, 1.54) is 0 Å². The first-order valence-corrected chi connectivity index (χ1v) is 9.45. The average Bonchev–Trinajstić information content (AvgIpc) is 3.21. The minimum atomic E-state index is -0.482. The minimum Gasteiger partial charge on any atom is -0.390 e. The molecule has 0 aromatic heterocycles. The smallest absolute Gasteiger partial charge is 0.253 e. The van der Waals surface area contributed by atoms with Gasteiger partial charge in [0.05, 0.1) is 12.2 Å². The molecule has 2 aliphatic rings. The molecular formula is C20H28N2O4. The number of carbonyl (C=O) groups is 2. The van der Waals surface area contributed by atoms with Crippen molar-refractivity contribution in [2.24, 2.45) is 5.92 Å². The molecule has 2 N–H and O–H groups in total. The quantitative estimate of drug-likeness (QED) is 0.838. The fourth-order valence-corrected chi connectivity index (χ4v) is 3.81. The number of carbonyl (C=O) groups excluding carboxylic acids is 2. The second kappa shape index (κ2) is 8.64. The summed E-state index contributed by atoms with van der Waals surface area (Å²) in [5, 5.41) is 12.8. The van der Waals surface area contributed by atoms with E-state index in [9.17, 15) is 14.7 Å². The number of methoxy groups -OCH3 is 1. The Labute approximate surface area is 154 Å².